The van der Waals surface area contributed by atoms with Gasteiger partial charge in [-0.25, -0.2) is 0 Å². The molecule has 0 aromatic heterocycles. The Labute approximate surface area is 85.8 Å². The highest BCUT2D eigenvalue weighted by Gasteiger charge is 2.43. The van der Waals surface area contributed by atoms with E-state index in [4.69, 9.17) is 11.5 Å². The van der Waals surface area contributed by atoms with Crippen molar-refractivity contribution in [2.75, 3.05) is 11.5 Å². The van der Waals surface area contributed by atoms with Crippen molar-refractivity contribution >= 4 is 11.4 Å². The molecule has 1 rings (SSSR count). The smallest absolute Gasteiger partial charge is 0.397 e. The normalized spacial score (nSPS) is 12.9. The number of alkyl halides is 6. The predicted molar refractivity (Wildman–Crippen MR) is 45.3 cm³/mol. The lowest BCUT2D eigenvalue weighted by atomic mass is 10.0. The Bertz CT molecular complexity index is 367. The molecule has 8 heteroatoms. The van der Waals surface area contributed by atoms with Gasteiger partial charge < -0.3 is 11.5 Å². The number of nitrogen functional groups attached to an aromatic ring is 2. The summed E-state index contributed by atoms with van der Waals surface area (Å²) in [4.78, 5) is 0. The molecule has 2 nitrogen and oxygen atoms in total. The molecule has 1 aromatic carbocycles. The van der Waals surface area contributed by atoms with Gasteiger partial charge in [-0.05, 0) is 12.1 Å². The molecule has 4 N–H and O–H groups in total. The maximum absolute atomic E-state index is 12.3. The highest BCUT2D eigenvalue weighted by Crippen LogP contribution is 2.42. The van der Waals surface area contributed by atoms with Crippen LogP contribution in [0.15, 0.2) is 12.1 Å². The van der Waals surface area contributed by atoms with Gasteiger partial charge in [0.25, 0.3) is 0 Å². The molecule has 0 aliphatic rings. The first-order chi connectivity index (χ1) is 7.03. The fourth-order valence-corrected chi connectivity index (χ4v) is 1.10. The SMILES string of the molecule is Nc1cc(C(F)(F)F)c(C(F)(F)F)cc1N. The topological polar surface area (TPSA) is 52.0 Å². The number of hydrogen-bond donors (Lipinski definition) is 2. The molecule has 0 spiro atoms. The molecule has 0 radical (unpaired) electrons. The molecule has 0 atom stereocenters. The Balaban J connectivity index is 3.53. The quantitative estimate of drug-likeness (QED) is 0.544. The molecule has 0 bridgehead atoms. The summed E-state index contributed by atoms with van der Waals surface area (Å²) in [6, 6.07) is 0.357. The Hall–Kier alpha value is -1.60. The lowest BCUT2D eigenvalue weighted by Crippen LogP contribution is -2.17. The summed E-state index contributed by atoms with van der Waals surface area (Å²) in [7, 11) is 0. The van der Waals surface area contributed by atoms with E-state index in [0.29, 0.717) is 0 Å². The number of anilines is 2. The second-order valence-corrected chi connectivity index (χ2v) is 3.02. The third-order valence-corrected chi connectivity index (χ3v) is 1.83. The third kappa shape index (κ3) is 2.31. The van der Waals surface area contributed by atoms with Crippen LogP contribution in [0.4, 0.5) is 37.7 Å². The summed E-state index contributed by atoms with van der Waals surface area (Å²) in [5.74, 6) is 0. The van der Waals surface area contributed by atoms with Crippen molar-refractivity contribution < 1.29 is 26.3 Å². The fourth-order valence-electron chi connectivity index (χ4n) is 1.10. The zero-order valence-corrected chi connectivity index (χ0v) is 7.58. The van der Waals surface area contributed by atoms with E-state index in [-0.39, 0.29) is 12.1 Å². The van der Waals surface area contributed by atoms with Crippen LogP contribution in [0.2, 0.25) is 0 Å². The van der Waals surface area contributed by atoms with E-state index in [1.54, 1.807) is 0 Å². The van der Waals surface area contributed by atoms with Crippen molar-refractivity contribution in [2.45, 2.75) is 12.4 Å². The first kappa shape index (κ1) is 12.5. The predicted octanol–water partition coefficient (Wildman–Crippen LogP) is 2.89. The summed E-state index contributed by atoms with van der Waals surface area (Å²) in [6.45, 7) is 0. The Morgan fingerprint density at radius 3 is 1.12 bits per heavy atom. The summed E-state index contributed by atoms with van der Waals surface area (Å²) in [5.41, 5.74) is 5.31. The molecular weight excluding hydrogens is 238 g/mol. The fraction of sp³-hybridized carbons (Fsp3) is 0.250. The first-order valence-corrected chi connectivity index (χ1v) is 3.87. The standard InChI is InChI=1S/C8H6F6N2/c9-7(10,11)3-1-5(15)6(16)2-4(3)8(12,13)14/h1-2H,15-16H2. The van der Waals surface area contributed by atoms with Crippen molar-refractivity contribution in [3.8, 4) is 0 Å². The molecule has 1 aromatic rings. The van der Waals surface area contributed by atoms with Crippen LogP contribution in [0.5, 0.6) is 0 Å². The molecule has 0 heterocycles. The monoisotopic (exact) mass is 244 g/mol. The van der Waals surface area contributed by atoms with Crippen LogP contribution in [0.25, 0.3) is 0 Å². The molecular formula is C8H6F6N2. The highest BCUT2D eigenvalue weighted by molar-refractivity contribution is 5.66. The largest absolute Gasteiger partial charge is 0.417 e. The molecule has 0 aliphatic heterocycles. The summed E-state index contributed by atoms with van der Waals surface area (Å²) >= 11 is 0. The van der Waals surface area contributed by atoms with E-state index in [9.17, 15) is 26.3 Å². The molecule has 0 saturated heterocycles. The van der Waals surface area contributed by atoms with Gasteiger partial charge in [-0.2, -0.15) is 26.3 Å². The van der Waals surface area contributed by atoms with Gasteiger partial charge in [-0.1, -0.05) is 0 Å². The average Bonchev–Trinajstić information content (AvgIpc) is 2.05. The van der Waals surface area contributed by atoms with E-state index < -0.39 is 34.9 Å². The molecule has 90 valence electrons. The van der Waals surface area contributed by atoms with E-state index >= 15 is 0 Å². The Kier molecular flexibility index (Phi) is 2.70. The van der Waals surface area contributed by atoms with Gasteiger partial charge in [0, 0.05) is 0 Å². The van der Waals surface area contributed by atoms with Gasteiger partial charge in [0.05, 0.1) is 22.5 Å². The second kappa shape index (κ2) is 3.46. The molecule has 16 heavy (non-hydrogen) atoms. The maximum Gasteiger partial charge on any atom is 0.417 e. The van der Waals surface area contributed by atoms with Crippen molar-refractivity contribution in [1.29, 1.82) is 0 Å². The summed E-state index contributed by atoms with van der Waals surface area (Å²) < 4.78 is 73.8. The van der Waals surface area contributed by atoms with Gasteiger partial charge >= 0.3 is 12.4 Å². The molecule has 0 unspecified atom stereocenters. The van der Waals surface area contributed by atoms with Gasteiger partial charge in [0.15, 0.2) is 0 Å². The van der Waals surface area contributed by atoms with Crippen molar-refractivity contribution in [2.24, 2.45) is 0 Å². The first-order valence-electron chi connectivity index (χ1n) is 3.87. The van der Waals surface area contributed by atoms with Gasteiger partial charge in [0.1, 0.15) is 0 Å². The lowest BCUT2D eigenvalue weighted by Gasteiger charge is -2.16. The van der Waals surface area contributed by atoms with Crippen LogP contribution in [-0.2, 0) is 12.4 Å². The minimum absolute atomic E-state index is 0.179. The maximum atomic E-state index is 12.3. The minimum Gasteiger partial charge on any atom is -0.397 e. The van der Waals surface area contributed by atoms with Crippen LogP contribution in [-0.4, -0.2) is 0 Å². The Morgan fingerprint density at radius 1 is 0.688 bits per heavy atom. The number of benzene rings is 1. The van der Waals surface area contributed by atoms with Crippen LogP contribution >= 0.6 is 0 Å². The van der Waals surface area contributed by atoms with Crippen LogP contribution in [0, 0.1) is 0 Å². The van der Waals surface area contributed by atoms with E-state index in [0.717, 1.165) is 0 Å². The lowest BCUT2D eigenvalue weighted by molar-refractivity contribution is -0.162. The summed E-state index contributed by atoms with van der Waals surface area (Å²) in [6.07, 6.45) is -10.3. The average molecular weight is 244 g/mol. The molecule has 0 fully saturated rings. The van der Waals surface area contributed by atoms with Crippen molar-refractivity contribution in [3.05, 3.63) is 23.3 Å². The zero-order valence-electron chi connectivity index (χ0n) is 7.58. The molecule has 0 amide bonds. The van der Waals surface area contributed by atoms with Crippen LogP contribution in [0.3, 0.4) is 0 Å². The summed E-state index contributed by atoms with van der Waals surface area (Å²) in [5, 5.41) is 0. The Morgan fingerprint density at radius 2 is 0.938 bits per heavy atom. The van der Waals surface area contributed by atoms with Crippen molar-refractivity contribution in [1.82, 2.24) is 0 Å². The minimum atomic E-state index is -5.13. The highest BCUT2D eigenvalue weighted by atomic mass is 19.4. The molecule has 0 aliphatic carbocycles. The number of hydrogen-bond acceptors (Lipinski definition) is 2. The van der Waals surface area contributed by atoms with E-state index in [1.807, 2.05) is 0 Å². The van der Waals surface area contributed by atoms with Crippen LogP contribution < -0.4 is 11.5 Å². The van der Waals surface area contributed by atoms with Crippen LogP contribution in [0.1, 0.15) is 11.1 Å². The van der Waals surface area contributed by atoms with Crippen molar-refractivity contribution in [3.63, 3.8) is 0 Å². The number of halogens is 6. The van der Waals surface area contributed by atoms with Gasteiger partial charge in [-0.3, -0.25) is 0 Å². The second-order valence-electron chi connectivity index (χ2n) is 3.02. The van der Waals surface area contributed by atoms with E-state index in [1.165, 1.54) is 0 Å². The van der Waals surface area contributed by atoms with Gasteiger partial charge in [-0.15, -0.1) is 0 Å². The van der Waals surface area contributed by atoms with E-state index in [2.05, 4.69) is 0 Å². The number of rotatable bonds is 0. The zero-order chi connectivity index (χ0) is 12.7. The van der Waals surface area contributed by atoms with Gasteiger partial charge in [0.2, 0.25) is 0 Å². The molecule has 0 saturated carbocycles. The number of nitrogens with two attached hydrogens (primary N) is 2. The third-order valence-electron chi connectivity index (χ3n) is 1.83.